The van der Waals surface area contributed by atoms with Gasteiger partial charge in [-0.2, -0.15) is 0 Å². The number of anilines is 1. The molecule has 0 radical (unpaired) electrons. The van der Waals surface area contributed by atoms with Gasteiger partial charge in [-0.25, -0.2) is 0 Å². The average Bonchev–Trinajstić information content (AvgIpc) is 2.78. The number of benzene rings is 2. The molecule has 29 heavy (non-hydrogen) atoms. The molecule has 1 aromatic heterocycles. The molecule has 0 saturated heterocycles. The molecule has 0 atom stereocenters. The second-order valence-electron chi connectivity index (χ2n) is 6.64. The molecule has 0 unspecified atom stereocenters. The number of hydrogen-bond acceptors (Lipinski definition) is 5. The molecule has 0 aliphatic rings. The molecule has 2 aromatic carbocycles. The number of amides is 1. The van der Waals surface area contributed by atoms with Crippen molar-refractivity contribution < 1.29 is 9.53 Å². The van der Waals surface area contributed by atoms with Gasteiger partial charge in [-0.3, -0.25) is 4.79 Å². The molecule has 3 aromatic rings. The Bertz CT molecular complexity index is 898. The van der Waals surface area contributed by atoms with Gasteiger partial charge < -0.3 is 15.4 Å². The SMILES string of the molecule is COc1ccccc1CCNC(=O)c1ccc(NCCCc2ccccc2)nn1. The Morgan fingerprint density at radius 1 is 0.897 bits per heavy atom. The number of aromatic nitrogens is 2. The van der Waals surface area contributed by atoms with E-state index in [0.29, 0.717) is 24.5 Å². The van der Waals surface area contributed by atoms with Gasteiger partial charge in [0.05, 0.1) is 7.11 Å². The van der Waals surface area contributed by atoms with Gasteiger partial charge in [0.2, 0.25) is 0 Å². The number of ether oxygens (including phenoxy) is 1. The highest BCUT2D eigenvalue weighted by molar-refractivity contribution is 5.92. The standard InChI is InChI=1S/C23H26N4O2/c1-29-21-12-6-5-11-19(21)15-17-25-23(28)20-13-14-22(27-26-20)24-16-7-10-18-8-3-2-4-9-18/h2-6,8-9,11-14H,7,10,15-17H2,1H3,(H,24,27)(H,25,28). The van der Waals surface area contributed by atoms with E-state index in [9.17, 15) is 4.79 Å². The lowest BCUT2D eigenvalue weighted by molar-refractivity contribution is 0.0948. The van der Waals surface area contributed by atoms with Gasteiger partial charge in [-0.15, -0.1) is 10.2 Å². The summed E-state index contributed by atoms with van der Waals surface area (Å²) in [5, 5.41) is 14.2. The van der Waals surface area contributed by atoms with Crippen molar-refractivity contribution in [3.8, 4) is 5.75 Å². The van der Waals surface area contributed by atoms with Crippen LogP contribution in [0.2, 0.25) is 0 Å². The Balaban J connectivity index is 1.40. The van der Waals surface area contributed by atoms with E-state index >= 15 is 0 Å². The molecule has 1 amide bonds. The van der Waals surface area contributed by atoms with Gasteiger partial charge in [-0.05, 0) is 48.6 Å². The molecule has 2 N–H and O–H groups in total. The molecular formula is C23H26N4O2. The van der Waals surface area contributed by atoms with Crippen LogP contribution in [0.3, 0.4) is 0 Å². The fraction of sp³-hybridized carbons (Fsp3) is 0.261. The van der Waals surface area contributed by atoms with Crippen molar-refractivity contribution in [3.63, 3.8) is 0 Å². The van der Waals surface area contributed by atoms with Crippen molar-refractivity contribution in [1.29, 1.82) is 0 Å². The lowest BCUT2D eigenvalue weighted by Gasteiger charge is -2.09. The minimum Gasteiger partial charge on any atom is -0.496 e. The maximum absolute atomic E-state index is 12.3. The summed E-state index contributed by atoms with van der Waals surface area (Å²) in [5.74, 6) is 1.26. The zero-order chi connectivity index (χ0) is 20.3. The van der Waals surface area contributed by atoms with Crippen LogP contribution in [0.5, 0.6) is 5.75 Å². The Labute approximate surface area is 171 Å². The molecule has 0 spiro atoms. The first-order chi connectivity index (χ1) is 14.3. The van der Waals surface area contributed by atoms with Crippen LogP contribution >= 0.6 is 0 Å². The molecule has 0 bridgehead atoms. The second-order valence-corrected chi connectivity index (χ2v) is 6.64. The number of carbonyl (C=O) groups excluding carboxylic acids is 1. The lowest BCUT2D eigenvalue weighted by atomic mass is 10.1. The molecule has 6 nitrogen and oxygen atoms in total. The zero-order valence-corrected chi connectivity index (χ0v) is 16.6. The zero-order valence-electron chi connectivity index (χ0n) is 16.6. The lowest BCUT2D eigenvalue weighted by Crippen LogP contribution is -2.27. The van der Waals surface area contributed by atoms with Crippen LogP contribution in [0.1, 0.15) is 28.0 Å². The van der Waals surface area contributed by atoms with E-state index in [1.807, 2.05) is 42.5 Å². The number of nitrogens with one attached hydrogen (secondary N) is 2. The fourth-order valence-corrected chi connectivity index (χ4v) is 3.01. The third-order valence-electron chi connectivity index (χ3n) is 4.56. The number of para-hydroxylation sites is 1. The average molecular weight is 390 g/mol. The maximum atomic E-state index is 12.3. The van der Waals surface area contributed by atoms with Gasteiger partial charge in [0.25, 0.3) is 5.91 Å². The van der Waals surface area contributed by atoms with Crippen molar-refractivity contribution in [1.82, 2.24) is 15.5 Å². The summed E-state index contributed by atoms with van der Waals surface area (Å²) in [6, 6.07) is 21.6. The van der Waals surface area contributed by atoms with Gasteiger partial charge in [0.15, 0.2) is 5.69 Å². The van der Waals surface area contributed by atoms with E-state index in [2.05, 4.69) is 33.0 Å². The van der Waals surface area contributed by atoms with Crippen LogP contribution < -0.4 is 15.4 Å². The van der Waals surface area contributed by atoms with Gasteiger partial charge >= 0.3 is 0 Å². The Morgan fingerprint density at radius 2 is 1.69 bits per heavy atom. The summed E-state index contributed by atoms with van der Waals surface area (Å²) < 4.78 is 5.32. The predicted octanol–water partition coefficient (Wildman–Crippen LogP) is 3.50. The van der Waals surface area contributed by atoms with E-state index in [1.54, 1.807) is 19.2 Å². The van der Waals surface area contributed by atoms with E-state index < -0.39 is 0 Å². The first-order valence-electron chi connectivity index (χ1n) is 9.78. The molecule has 0 aliphatic carbocycles. The highest BCUT2D eigenvalue weighted by atomic mass is 16.5. The Kier molecular flexibility index (Phi) is 7.57. The summed E-state index contributed by atoms with van der Waals surface area (Å²) in [4.78, 5) is 12.3. The van der Waals surface area contributed by atoms with Crippen LogP contribution in [0.15, 0.2) is 66.7 Å². The smallest absolute Gasteiger partial charge is 0.271 e. The van der Waals surface area contributed by atoms with E-state index in [4.69, 9.17) is 4.74 Å². The van der Waals surface area contributed by atoms with Crippen molar-refractivity contribution in [2.75, 3.05) is 25.5 Å². The van der Waals surface area contributed by atoms with Crippen molar-refractivity contribution in [2.45, 2.75) is 19.3 Å². The van der Waals surface area contributed by atoms with Crippen LogP contribution in [0.25, 0.3) is 0 Å². The summed E-state index contributed by atoms with van der Waals surface area (Å²) in [6.45, 7) is 1.30. The topological polar surface area (TPSA) is 76.1 Å². The number of rotatable bonds is 10. The molecule has 0 aliphatic heterocycles. The fourth-order valence-electron chi connectivity index (χ4n) is 3.01. The number of hydrogen-bond donors (Lipinski definition) is 2. The summed E-state index contributed by atoms with van der Waals surface area (Å²) in [6.07, 6.45) is 2.69. The van der Waals surface area contributed by atoms with Crippen molar-refractivity contribution in [3.05, 3.63) is 83.6 Å². The monoisotopic (exact) mass is 390 g/mol. The first kappa shape index (κ1) is 20.3. The van der Waals surface area contributed by atoms with Crippen LogP contribution in [-0.4, -0.2) is 36.3 Å². The highest BCUT2D eigenvalue weighted by Crippen LogP contribution is 2.17. The largest absolute Gasteiger partial charge is 0.496 e. The van der Waals surface area contributed by atoms with Gasteiger partial charge in [0, 0.05) is 13.1 Å². The molecule has 150 valence electrons. The van der Waals surface area contributed by atoms with Crippen LogP contribution in [-0.2, 0) is 12.8 Å². The van der Waals surface area contributed by atoms with Crippen molar-refractivity contribution >= 4 is 11.7 Å². The van der Waals surface area contributed by atoms with Gasteiger partial charge in [-0.1, -0.05) is 48.5 Å². The number of methoxy groups -OCH3 is 1. The predicted molar refractivity (Wildman–Crippen MR) is 114 cm³/mol. The molecule has 0 fully saturated rings. The van der Waals surface area contributed by atoms with Crippen LogP contribution in [0, 0.1) is 0 Å². The number of carbonyl (C=O) groups is 1. The normalized spacial score (nSPS) is 10.4. The Morgan fingerprint density at radius 3 is 2.45 bits per heavy atom. The molecule has 1 heterocycles. The second kappa shape index (κ2) is 10.8. The minimum atomic E-state index is -0.233. The van der Waals surface area contributed by atoms with Gasteiger partial charge in [0.1, 0.15) is 11.6 Å². The molecular weight excluding hydrogens is 364 g/mol. The third-order valence-corrected chi connectivity index (χ3v) is 4.56. The third kappa shape index (κ3) is 6.31. The van der Waals surface area contributed by atoms with Crippen molar-refractivity contribution in [2.24, 2.45) is 0 Å². The Hall–Kier alpha value is -3.41. The summed E-state index contributed by atoms with van der Waals surface area (Å²) >= 11 is 0. The summed E-state index contributed by atoms with van der Waals surface area (Å²) in [7, 11) is 1.64. The molecule has 6 heteroatoms. The quantitative estimate of drug-likeness (QED) is 0.518. The van der Waals surface area contributed by atoms with Crippen LogP contribution in [0.4, 0.5) is 5.82 Å². The number of aryl methyl sites for hydroxylation is 1. The first-order valence-corrected chi connectivity index (χ1v) is 9.78. The minimum absolute atomic E-state index is 0.233. The maximum Gasteiger partial charge on any atom is 0.271 e. The molecule has 3 rings (SSSR count). The van der Waals surface area contributed by atoms with E-state index in [1.165, 1.54) is 5.56 Å². The van der Waals surface area contributed by atoms with E-state index in [-0.39, 0.29) is 5.91 Å². The number of nitrogens with zero attached hydrogens (tertiary/aromatic N) is 2. The van der Waals surface area contributed by atoms with E-state index in [0.717, 1.165) is 30.7 Å². The highest BCUT2D eigenvalue weighted by Gasteiger charge is 2.08. The molecule has 0 saturated carbocycles. The summed E-state index contributed by atoms with van der Waals surface area (Å²) in [5.41, 5.74) is 2.68.